The number of furan rings is 1. The molecule has 0 radical (unpaired) electrons. The molecule has 1 aliphatic rings. The molecule has 1 saturated carbocycles. The van der Waals surface area contributed by atoms with Gasteiger partial charge in [0.05, 0.1) is 19.4 Å². The second-order valence-corrected chi connectivity index (χ2v) is 6.46. The number of benzene rings is 1. The normalized spacial score (nSPS) is 16.2. The maximum absolute atomic E-state index is 12.3. The fraction of sp³-hybridized carbons (Fsp3) is 0.421. The molecule has 0 bridgehead atoms. The molecule has 1 heterocycles. The molecule has 0 aliphatic heterocycles. The molecule has 1 aromatic carbocycles. The number of carbonyl (C=O) groups is 1. The zero-order valence-electron chi connectivity index (χ0n) is 13.8. The second kappa shape index (κ2) is 7.64. The number of amides is 1. The highest BCUT2D eigenvalue weighted by atomic mass is 16.3. The van der Waals surface area contributed by atoms with Crippen molar-refractivity contribution in [2.75, 3.05) is 6.61 Å². The Kier molecular flexibility index (Phi) is 5.33. The summed E-state index contributed by atoms with van der Waals surface area (Å²) in [5.74, 6) is 0.610. The smallest absolute Gasteiger partial charge is 0.251 e. The number of hydrogen-bond acceptors (Lipinski definition) is 4. The lowest BCUT2D eigenvalue weighted by Crippen LogP contribution is -2.45. The molecule has 1 fully saturated rings. The van der Waals surface area contributed by atoms with Crippen LogP contribution in [0.3, 0.4) is 0 Å². The van der Waals surface area contributed by atoms with Crippen LogP contribution in [0.2, 0.25) is 0 Å². The molecule has 0 spiro atoms. The van der Waals surface area contributed by atoms with Crippen LogP contribution in [0.5, 0.6) is 0 Å². The summed E-state index contributed by atoms with van der Waals surface area (Å²) in [6.07, 6.45) is 5.92. The monoisotopic (exact) mass is 328 g/mol. The van der Waals surface area contributed by atoms with E-state index in [1.165, 1.54) is 0 Å². The minimum Gasteiger partial charge on any atom is -0.467 e. The lowest BCUT2D eigenvalue weighted by atomic mass is 9.98. The number of carbonyl (C=O) groups excluding carboxylic acids is 1. The standard InChI is InChI=1S/C19H24N2O3/c22-14-19(8-1-2-9-19)21-12-15-5-3-6-16(11-15)18(23)20-13-17-7-4-10-24-17/h3-7,10-11,21-22H,1-2,8-9,12-14H2,(H,20,23). The fourth-order valence-corrected chi connectivity index (χ4v) is 3.24. The first-order valence-corrected chi connectivity index (χ1v) is 8.46. The average Bonchev–Trinajstić information content (AvgIpc) is 3.30. The van der Waals surface area contributed by atoms with Crippen LogP contribution >= 0.6 is 0 Å². The summed E-state index contributed by atoms with van der Waals surface area (Å²) >= 11 is 0. The second-order valence-electron chi connectivity index (χ2n) is 6.46. The van der Waals surface area contributed by atoms with Gasteiger partial charge in [-0.05, 0) is 42.7 Å². The van der Waals surface area contributed by atoms with Gasteiger partial charge in [0.25, 0.3) is 5.91 Å². The van der Waals surface area contributed by atoms with E-state index in [2.05, 4.69) is 10.6 Å². The van der Waals surface area contributed by atoms with Crippen LogP contribution in [-0.2, 0) is 13.1 Å². The van der Waals surface area contributed by atoms with Crippen LogP contribution in [-0.4, -0.2) is 23.2 Å². The van der Waals surface area contributed by atoms with E-state index in [9.17, 15) is 9.90 Å². The summed E-state index contributed by atoms with van der Waals surface area (Å²) < 4.78 is 5.21. The summed E-state index contributed by atoms with van der Waals surface area (Å²) in [7, 11) is 0. The van der Waals surface area contributed by atoms with Gasteiger partial charge in [0.2, 0.25) is 0 Å². The molecule has 128 valence electrons. The number of nitrogens with one attached hydrogen (secondary N) is 2. The lowest BCUT2D eigenvalue weighted by Gasteiger charge is -2.28. The SMILES string of the molecule is O=C(NCc1ccco1)c1cccc(CNC2(CO)CCCC2)c1. The van der Waals surface area contributed by atoms with Gasteiger partial charge in [0, 0.05) is 17.6 Å². The van der Waals surface area contributed by atoms with Gasteiger partial charge in [-0.25, -0.2) is 0 Å². The summed E-state index contributed by atoms with van der Waals surface area (Å²) in [6.45, 7) is 1.19. The van der Waals surface area contributed by atoms with Crippen molar-refractivity contribution in [3.8, 4) is 0 Å². The van der Waals surface area contributed by atoms with Gasteiger partial charge in [-0.2, -0.15) is 0 Å². The summed E-state index contributed by atoms with van der Waals surface area (Å²) in [5.41, 5.74) is 1.52. The van der Waals surface area contributed by atoms with E-state index in [1.807, 2.05) is 24.3 Å². The Morgan fingerprint density at radius 1 is 1.17 bits per heavy atom. The van der Waals surface area contributed by atoms with Crippen molar-refractivity contribution in [2.24, 2.45) is 0 Å². The Morgan fingerprint density at radius 3 is 2.71 bits per heavy atom. The van der Waals surface area contributed by atoms with Gasteiger partial charge in [-0.3, -0.25) is 4.79 Å². The van der Waals surface area contributed by atoms with Gasteiger partial charge < -0.3 is 20.2 Å². The predicted molar refractivity (Wildman–Crippen MR) is 91.4 cm³/mol. The molecular weight excluding hydrogens is 304 g/mol. The number of hydrogen-bond donors (Lipinski definition) is 3. The minimum absolute atomic E-state index is 0.119. The lowest BCUT2D eigenvalue weighted by molar-refractivity contribution is 0.0948. The Balaban J connectivity index is 1.58. The highest BCUT2D eigenvalue weighted by molar-refractivity contribution is 5.94. The van der Waals surface area contributed by atoms with Gasteiger partial charge in [-0.15, -0.1) is 0 Å². The minimum atomic E-state index is -0.155. The number of aliphatic hydroxyl groups excluding tert-OH is 1. The summed E-state index contributed by atoms with van der Waals surface area (Å²) in [5, 5.41) is 16.0. The molecule has 0 unspecified atom stereocenters. The Hall–Kier alpha value is -2.11. The summed E-state index contributed by atoms with van der Waals surface area (Å²) in [4.78, 5) is 12.3. The third-order valence-electron chi connectivity index (χ3n) is 4.72. The topological polar surface area (TPSA) is 74.5 Å². The third kappa shape index (κ3) is 4.04. The summed E-state index contributed by atoms with van der Waals surface area (Å²) in [6, 6.07) is 11.2. The Morgan fingerprint density at radius 2 is 2.00 bits per heavy atom. The first kappa shape index (κ1) is 16.7. The molecule has 3 N–H and O–H groups in total. The molecule has 5 heteroatoms. The van der Waals surface area contributed by atoms with Crippen molar-refractivity contribution < 1.29 is 14.3 Å². The first-order chi connectivity index (χ1) is 11.7. The molecule has 1 aromatic heterocycles. The van der Waals surface area contributed by atoms with Crippen molar-refractivity contribution in [3.05, 3.63) is 59.5 Å². The van der Waals surface area contributed by atoms with E-state index in [0.29, 0.717) is 18.7 Å². The molecule has 0 atom stereocenters. The number of aliphatic hydroxyl groups is 1. The maximum atomic E-state index is 12.3. The van der Waals surface area contributed by atoms with Gasteiger partial charge >= 0.3 is 0 Å². The molecule has 3 rings (SSSR count). The first-order valence-electron chi connectivity index (χ1n) is 8.46. The molecule has 0 saturated heterocycles. The van der Waals surface area contributed by atoms with E-state index < -0.39 is 0 Å². The Labute approximate surface area is 142 Å². The van der Waals surface area contributed by atoms with E-state index >= 15 is 0 Å². The quantitative estimate of drug-likeness (QED) is 0.730. The molecule has 1 amide bonds. The third-order valence-corrected chi connectivity index (χ3v) is 4.72. The van der Waals surface area contributed by atoms with Crippen molar-refractivity contribution >= 4 is 5.91 Å². The Bertz CT molecular complexity index is 661. The van der Waals surface area contributed by atoms with E-state index in [0.717, 1.165) is 37.0 Å². The van der Waals surface area contributed by atoms with Crippen LogP contribution in [0.4, 0.5) is 0 Å². The predicted octanol–water partition coefficient (Wildman–Crippen LogP) is 2.60. The van der Waals surface area contributed by atoms with Crippen LogP contribution in [0.25, 0.3) is 0 Å². The van der Waals surface area contributed by atoms with E-state index in [4.69, 9.17) is 4.42 Å². The van der Waals surface area contributed by atoms with Gasteiger partial charge in [0.1, 0.15) is 5.76 Å². The molecule has 24 heavy (non-hydrogen) atoms. The van der Waals surface area contributed by atoms with Crippen LogP contribution < -0.4 is 10.6 Å². The van der Waals surface area contributed by atoms with Crippen LogP contribution in [0, 0.1) is 0 Å². The maximum Gasteiger partial charge on any atom is 0.251 e. The molecular formula is C19H24N2O3. The van der Waals surface area contributed by atoms with Crippen molar-refractivity contribution in [2.45, 2.75) is 44.3 Å². The van der Waals surface area contributed by atoms with Gasteiger partial charge in [0.15, 0.2) is 0 Å². The largest absolute Gasteiger partial charge is 0.467 e. The average molecular weight is 328 g/mol. The molecule has 5 nitrogen and oxygen atoms in total. The molecule has 2 aromatic rings. The zero-order valence-corrected chi connectivity index (χ0v) is 13.8. The fourth-order valence-electron chi connectivity index (χ4n) is 3.24. The van der Waals surface area contributed by atoms with E-state index in [1.54, 1.807) is 18.4 Å². The van der Waals surface area contributed by atoms with Crippen LogP contribution in [0.1, 0.15) is 47.4 Å². The zero-order chi connectivity index (χ0) is 16.8. The van der Waals surface area contributed by atoms with Crippen molar-refractivity contribution in [3.63, 3.8) is 0 Å². The highest BCUT2D eigenvalue weighted by Gasteiger charge is 2.32. The van der Waals surface area contributed by atoms with Crippen molar-refractivity contribution in [1.29, 1.82) is 0 Å². The molecule has 1 aliphatic carbocycles. The van der Waals surface area contributed by atoms with E-state index in [-0.39, 0.29) is 18.1 Å². The van der Waals surface area contributed by atoms with Crippen molar-refractivity contribution in [1.82, 2.24) is 10.6 Å². The van der Waals surface area contributed by atoms with Crippen LogP contribution in [0.15, 0.2) is 47.1 Å². The number of rotatable bonds is 7. The highest BCUT2D eigenvalue weighted by Crippen LogP contribution is 2.29. The van der Waals surface area contributed by atoms with Gasteiger partial charge in [-0.1, -0.05) is 25.0 Å².